The standard InChI is InChI=1S/C20H23NO4S/c1-24-16-8-6-15(7-9-16)20(14-4-5-14)21-18(22)13-25-19(23)11-10-17-3-2-12-26-17/h2-3,6-9,12,14,20H,4-5,10-11,13H2,1H3,(H,21,22). The first-order chi connectivity index (χ1) is 12.7. The molecule has 1 fully saturated rings. The molecule has 0 bridgehead atoms. The molecule has 1 N–H and O–H groups in total. The van der Waals surface area contributed by atoms with E-state index in [9.17, 15) is 9.59 Å². The molecule has 2 aromatic rings. The van der Waals surface area contributed by atoms with Crippen LogP contribution in [0.25, 0.3) is 0 Å². The molecule has 5 nitrogen and oxygen atoms in total. The quantitative estimate of drug-likeness (QED) is 0.683. The third-order valence-electron chi connectivity index (χ3n) is 4.40. The van der Waals surface area contributed by atoms with Crippen LogP contribution in [0.3, 0.4) is 0 Å². The summed E-state index contributed by atoms with van der Waals surface area (Å²) in [6.45, 7) is -0.233. The summed E-state index contributed by atoms with van der Waals surface area (Å²) in [7, 11) is 1.63. The zero-order valence-electron chi connectivity index (χ0n) is 14.8. The highest BCUT2D eigenvalue weighted by atomic mass is 32.1. The second-order valence-electron chi connectivity index (χ2n) is 6.40. The van der Waals surface area contributed by atoms with Crippen LogP contribution in [-0.2, 0) is 20.7 Å². The maximum atomic E-state index is 12.2. The van der Waals surface area contributed by atoms with Gasteiger partial charge in [-0.2, -0.15) is 0 Å². The number of carbonyl (C=O) groups is 2. The van der Waals surface area contributed by atoms with E-state index in [1.807, 2.05) is 41.8 Å². The van der Waals surface area contributed by atoms with E-state index in [0.717, 1.165) is 29.0 Å². The lowest BCUT2D eigenvalue weighted by Crippen LogP contribution is -2.33. The molecule has 1 amide bonds. The molecule has 3 rings (SSSR count). The Kier molecular flexibility index (Phi) is 6.28. The van der Waals surface area contributed by atoms with Gasteiger partial charge in [-0.05, 0) is 54.3 Å². The number of ether oxygens (including phenoxy) is 2. The number of nitrogens with one attached hydrogen (secondary N) is 1. The fraction of sp³-hybridized carbons (Fsp3) is 0.400. The minimum atomic E-state index is -0.346. The van der Waals surface area contributed by atoms with Gasteiger partial charge in [-0.1, -0.05) is 18.2 Å². The maximum Gasteiger partial charge on any atom is 0.306 e. The topological polar surface area (TPSA) is 64.6 Å². The summed E-state index contributed by atoms with van der Waals surface area (Å²) in [6, 6.07) is 11.6. The summed E-state index contributed by atoms with van der Waals surface area (Å²) in [5.74, 6) is 0.624. The largest absolute Gasteiger partial charge is 0.497 e. The van der Waals surface area contributed by atoms with Crippen molar-refractivity contribution in [1.82, 2.24) is 5.32 Å². The molecule has 1 aromatic carbocycles. The Hall–Kier alpha value is -2.34. The Morgan fingerprint density at radius 2 is 2.00 bits per heavy atom. The average Bonchev–Trinajstić information content (AvgIpc) is 3.37. The number of aryl methyl sites for hydroxylation is 1. The fourth-order valence-corrected chi connectivity index (χ4v) is 3.54. The van der Waals surface area contributed by atoms with Gasteiger partial charge < -0.3 is 14.8 Å². The zero-order chi connectivity index (χ0) is 18.4. The Bertz CT molecular complexity index is 723. The molecule has 1 saturated carbocycles. The van der Waals surface area contributed by atoms with Crippen molar-refractivity contribution in [2.45, 2.75) is 31.7 Å². The molecule has 26 heavy (non-hydrogen) atoms. The van der Waals surface area contributed by atoms with Crippen LogP contribution < -0.4 is 10.1 Å². The number of methoxy groups -OCH3 is 1. The Morgan fingerprint density at radius 1 is 1.23 bits per heavy atom. The molecule has 0 saturated heterocycles. The van der Waals surface area contributed by atoms with E-state index < -0.39 is 0 Å². The van der Waals surface area contributed by atoms with Crippen molar-refractivity contribution in [2.75, 3.05) is 13.7 Å². The van der Waals surface area contributed by atoms with Crippen LogP contribution in [-0.4, -0.2) is 25.6 Å². The summed E-state index contributed by atoms with van der Waals surface area (Å²) in [5, 5.41) is 4.98. The van der Waals surface area contributed by atoms with E-state index in [1.54, 1.807) is 18.4 Å². The van der Waals surface area contributed by atoms with Crippen LogP contribution >= 0.6 is 11.3 Å². The predicted octanol–water partition coefficient (Wildman–Crippen LogP) is 3.50. The third-order valence-corrected chi connectivity index (χ3v) is 5.34. The van der Waals surface area contributed by atoms with Crippen LogP contribution in [0.5, 0.6) is 5.75 Å². The highest BCUT2D eigenvalue weighted by Crippen LogP contribution is 2.41. The number of amides is 1. The van der Waals surface area contributed by atoms with Crippen molar-refractivity contribution < 1.29 is 19.1 Å². The molecule has 1 aromatic heterocycles. The summed E-state index contributed by atoms with van der Waals surface area (Å²) in [5.41, 5.74) is 1.05. The van der Waals surface area contributed by atoms with E-state index in [1.165, 1.54) is 0 Å². The van der Waals surface area contributed by atoms with Gasteiger partial charge in [0.1, 0.15) is 5.75 Å². The van der Waals surface area contributed by atoms with Gasteiger partial charge in [0.2, 0.25) is 0 Å². The number of thiophene rings is 1. The number of benzene rings is 1. The van der Waals surface area contributed by atoms with Crippen LogP contribution in [0.4, 0.5) is 0 Å². The summed E-state index contributed by atoms with van der Waals surface area (Å²) >= 11 is 1.61. The second kappa shape index (κ2) is 8.85. The van der Waals surface area contributed by atoms with E-state index in [-0.39, 0.29) is 24.5 Å². The van der Waals surface area contributed by atoms with E-state index in [2.05, 4.69) is 5.32 Å². The Balaban J connectivity index is 1.46. The lowest BCUT2D eigenvalue weighted by Gasteiger charge is -2.19. The summed E-state index contributed by atoms with van der Waals surface area (Å²) < 4.78 is 10.3. The van der Waals surface area contributed by atoms with Gasteiger partial charge in [0, 0.05) is 4.88 Å². The molecule has 1 heterocycles. The van der Waals surface area contributed by atoms with Crippen molar-refractivity contribution in [3.05, 3.63) is 52.2 Å². The molecule has 0 spiro atoms. The fourth-order valence-electron chi connectivity index (χ4n) is 2.83. The third kappa shape index (κ3) is 5.33. The molecule has 1 aliphatic carbocycles. The van der Waals surface area contributed by atoms with Gasteiger partial charge in [0.15, 0.2) is 6.61 Å². The number of hydrogen-bond acceptors (Lipinski definition) is 5. The van der Waals surface area contributed by atoms with Crippen molar-refractivity contribution in [2.24, 2.45) is 5.92 Å². The molecule has 138 valence electrons. The van der Waals surface area contributed by atoms with Crippen LogP contribution in [0, 0.1) is 5.92 Å². The van der Waals surface area contributed by atoms with Gasteiger partial charge >= 0.3 is 5.97 Å². The van der Waals surface area contributed by atoms with Gasteiger partial charge in [-0.25, -0.2) is 0 Å². The van der Waals surface area contributed by atoms with Gasteiger partial charge in [0.25, 0.3) is 5.91 Å². The Morgan fingerprint density at radius 3 is 2.62 bits per heavy atom. The number of hydrogen-bond donors (Lipinski definition) is 1. The second-order valence-corrected chi connectivity index (χ2v) is 7.43. The smallest absolute Gasteiger partial charge is 0.306 e. The summed E-state index contributed by atoms with van der Waals surface area (Å²) in [4.78, 5) is 25.2. The minimum absolute atomic E-state index is 0.0433. The molecule has 0 radical (unpaired) electrons. The molecular formula is C20H23NO4S. The van der Waals surface area contributed by atoms with Crippen LogP contribution in [0.1, 0.15) is 35.7 Å². The maximum absolute atomic E-state index is 12.2. The molecule has 1 unspecified atom stereocenters. The normalized spacial score (nSPS) is 14.5. The van der Waals surface area contributed by atoms with Crippen molar-refractivity contribution in [3.63, 3.8) is 0 Å². The lowest BCUT2D eigenvalue weighted by atomic mass is 10.0. The molecular weight excluding hydrogens is 350 g/mol. The first kappa shape index (κ1) is 18.5. The molecule has 1 atom stereocenters. The number of esters is 1. The van der Waals surface area contributed by atoms with Crippen LogP contribution in [0.2, 0.25) is 0 Å². The van der Waals surface area contributed by atoms with Gasteiger partial charge in [-0.3, -0.25) is 9.59 Å². The van der Waals surface area contributed by atoms with E-state index in [4.69, 9.17) is 9.47 Å². The molecule has 1 aliphatic rings. The minimum Gasteiger partial charge on any atom is -0.497 e. The number of carbonyl (C=O) groups excluding carboxylic acids is 2. The lowest BCUT2D eigenvalue weighted by molar-refractivity contribution is -0.148. The zero-order valence-corrected chi connectivity index (χ0v) is 15.6. The number of rotatable bonds is 9. The van der Waals surface area contributed by atoms with E-state index in [0.29, 0.717) is 18.8 Å². The van der Waals surface area contributed by atoms with E-state index >= 15 is 0 Å². The average molecular weight is 373 g/mol. The van der Waals surface area contributed by atoms with Gasteiger partial charge in [0.05, 0.1) is 19.6 Å². The van der Waals surface area contributed by atoms with Crippen molar-refractivity contribution in [1.29, 1.82) is 0 Å². The Labute approximate surface area is 157 Å². The molecule has 0 aliphatic heterocycles. The van der Waals surface area contributed by atoms with Crippen molar-refractivity contribution >= 4 is 23.2 Å². The van der Waals surface area contributed by atoms with Crippen LogP contribution in [0.15, 0.2) is 41.8 Å². The highest BCUT2D eigenvalue weighted by Gasteiger charge is 2.33. The monoisotopic (exact) mass is 373 g/mol. The first-order valence-corrected chi connectivity index (χ1v) is 9.65. The summed E-state index contributed by atoms with van der Waals surface area (Å²) in [6.07, 6.45) is 3.13. The van der Waals surface area contributed by atoms with Gasteiger partial charge in [-0.15, -0.1) is 11.3 Å². The first-order valence-electron chi connectivity index (χ1n) is 8.77. The SMILES string of the molecule is COc1ccc(C(NC(=O)COC(=O)CCc2cccs2)C2CC2)cc1. The predicted molar refractivity (Wildman–Crippen MR) is 100 cm³/mol. The highest BCUT2D eigenvalue weighted by molar-refractivity contribution is 7.09. The molecule has 6 heteroatoms. The van der Waals surface area contributed by atoms with Crippen molar-refractivity contribution in [3.8, 4) is 5.75 Å².